The third-order valence-electron chi connectivity index (χ3n) is 1.71. The first kappa shape index (κ1) is 8.62. The quantitative estimate of drug-likeness (QED) is 0.752. The van der Waals surface area contributed by atoms with Crippen LogP contribution in [0.4, 0.5) is 0 Å². The SMILES string of the molecule is Ic1ccncc1-c1ccccn1. The Bertz CT molecular complexity index is 401. The predicted octanol–water partition coefficient (Wildman–Crippen LogP) is 2.75. The number of aromatic nitrogens is 2. The smallest absolute Gasteiger partial charge is 0.0728 e. The summed E-state index contributed by atoms with van der Waals surface area (Å²) in [5.74, 6) is 0. The van der Waals surface area contributed by atoms with Gasteiger partial charge in [-0.25, -0.2) is 0 Å². The molecule has 0 aliphatic carbocycles. The minimum absolute atomic E-state index is 0.972. The van der Waals surface area contributed by atoms with Gasteiger partial charge in [0.25, 0.3) is 0 Å². The Hall–Kier alpha value is -0.970. The molecule has 13 heavy (non-hydrogen) atoms. The molecular formula is C10H7IN2. The van der Waals surface area contributed by atoms with Crippen LogP contribution in [0, 0.1) is 3.57 Å². The molecule has 2 nitrogen and oxygen atoms in total. The summed E-state index contributed by atoms with van der Waals surface area (Å²) < 4.78 is 1.17. The zero-order valence-corrected chi connectivity index (χ0v) is 8.97. The molecule has 2 aromatic rings. The van der Waals surface area contributed by atoms with Crippen LogP contribution in [0.5, 0.6) is 0 Å². The first-order valence-electron chi connectivity index (χ1n) is 3.89. The van der Waals surface area contributed by atoms with Crippen molar-refractivity contribution in [3.8, 4) is 11.3 Å². The molecule has 3 heteroatoms. The van der Waals surface area contributed by atoms with Gasteiger partial charge in [-0.1, -0.05) is 6.07 Å². The van der Waals surface area contributed by atoms with Crippen LogP contribution in [0.2, 0.25) is 0 Å². The highest BCUT2D eigenvalue weighted by Gasteiger charge is 2.01. The van der Waals surface area contributed by atoms with E-state index in [-0.39, 0.29) is 0 Å². The van der Waals surface area contributed by atoms with Gasteiger partial charge >= 0.3 is 0 Å². The molecular weight excluding hydrogens is 275 g/mol. The second kappa shape index (κ2) is 3.83. The van der Waals surface area contributed by atoms with Crippen LogP contribution in [0.3, 0.4) is 0 Å². The predicted molar refractivity (Wildman–Crippen MR) is 60.2 cm³/mol. The molecule has 0 bridgehead atoms. The van der Waals surface area contributed by atoms with Gasteiger partial charge in [0.2, 0.25) is 0 Å². The maximum atomic E-state index is 4.27. The number of nitrogens with zero attached hydrogens (tertiary/aromatic N) is 2. The number of rotatable bonds is 1. The number of hydrogen-bond donors (Lipinski definition) is 0. The molecule has 2 aromatic heterocycles. The van der Waals surface area contributed by atoms with Gasteiger partial charge in [0.15, 0.2) is 0 Å². The summed E-state index contributed by atoms with van der Waals surface area (Å²) in [6.07, 6.45) is 5.41. The van der Waals surface area contributed by atoms with E-state index in [1.54, 1.807) is 12.4 Å². The van der Waals surface area contributed by atoms with E-state index >= 15 is 0 Å². The van der Waals surface area contributed by atoms with Gasteiger partial charge in [0, 0.05) is 27.7 Å². The fourth-order valence-electron chi connectivity index (χ4n) is 1.09. The van der Waals surface area contributed by atoms with Crippen LogP contribution in [0.15, 0.2) is 42.9 Å². The number of pyridine rings is 2. The van der Waals surface area contributed by atoms with E-state index in [0.29, 0.717) is 0 Å². The highest BCUT2D eigenvalue weighted by atomic mass is 127. The molecule has 2 rings (SSSR count). The minimum Gasteiger partial charge on any atom is -0.264 e. The van der Waals surface area contributed by atoms with Crippen molar-refractivity contribution < 1.29 is 0 Å². The molecule has 0 fully saturated rings. The first-order chi connectivity index (χ1) is 6.38. The van der Waals surface area contributed by atoms with E-state index < -0.39 is 0 Å². The monoisotopic (exact) mass is 282 g/mol. The van der Waals surface area contributed by atoms with Crippen LogP contribution in [0.25, 0.3) is 11.3 Å². The van der Waals surface area contributed by atoms with Crippen molar-refractivity contribution in [2.24, 2.45) is 0 Å². The summed E-state index contributed by atoms with van der Waals surface area (Å²) in [6, 6.07) is 7.85. The van der Waals surface area contributed by atoms with Crippen LogP contribution in [0.1, 0.15) is 0 Å². The van der Waals surface area contributed by atoms with Gasteiger partial charge in [0.1, 0.15) is 0 Å². The number of hydrogen-bond acceptors (Lipinski definition) is 2. The van der Waals surface area contributed by atoms with Crippen molar-refractivity contribution in [1.29, 1.82) is 0 Å². The second-order valence-electron chi connectivity index (χ2n) is 2.57. The summed E-state index contributed by atoms with van der Waals surface area (Å²) in [6.45, 7) is 0. The van der Waals surface area contributed by atoms with Crippen molar-refractivity contribution in [3.05, 3.63) is 46.4 Å². The molecule has 64 valence electrons. The normalized spacial score (nSPS) is 9.92. The zero-order valence-electron chi connectivity index (χ0n) is 6.81. The number of halogens is 1. The lowest BCUT2D eigenvalue weighted by Gasteiger charge is -2.01. The van der Waals surface area contributed by atoms with Crippen LogP contribution in [-0.4, -0.2) is 9.97 Å². The van der Waals surface area contributed by atoms with Crippen LogP contribution in [-0.2, 0) is 0 Å². The van der Waals surface area contributed by atoms with E-state index in [2.05, 4.69) is 32.6 Å². The zero-order chi connectivity index (χ0) is 9.10. The summed E-state index contributed by atoms with van der Waals surface area (Å²) in [5, 5.41) is 0. The summed E-state index contributed by atoms with van der Waals surface area (Å²) in [7, 11) is 0. The van der Waals surface area contributed by atoms with Crippen molar-refractivity contribution in [3.63, 3.8) is 0 Å². The molecule has 0 spiro atoms. The first-order valence-corrected chi connectivity index (χ1v) is 4.97. The van der Waals surface area contributed by atoms with Gasteiger partial charge in [0.05, 0.1) is 5.69 Å². The lowest BCUT2D eigenvalue weighted by atomic mass is 10.2. The maximum Gasteiger partial charge on any atom is 0.0728 e. The fourth-order valence-corrected chi connectivity index (χ4v) is 1.66. The maximum absolute atomic E-state index is 4.27. The van der Waals surface area contributed by atoms with Crippen molar-refractivity contribution >= 4 is 22.6 Å². The lowest BCUT2D eigenvalue weighted by molar-refractivity contribution is 1.27. The van der Waals surface area contributed by atoms with Gasteiger partial charge in [-0.05, 0) is 40.8 Å². The second-order valence-corrected chi connectivity index (χ2v) is 3.73. The Balaban J connectivity index is 2.54. The molecule has 0 aliphatic heterocycles. The average molecular weight is 282 g/mol. The Morgan fingerprint density at radius 3 is 2.69 bits per heavy atom. The molecule has 0 aliphatic rings. The summed E-state index contributed by atoms with van der Waals surface area (Å²) in [5.41, 5.74) is 2.06. The third-order valence-corrected chi connectivity index (χ3v) is 2.65. The topological polar surface area (TPSA) is 25.8 Å². The van der Waals surface area contributed by atoms with Gasteiger partial charge in [-0.2, -0.15) is 0 Å². The van der Waals surface area contributed by atoms with Crippen molar-refractivity contribution in [2.75, 3.05) is 0 Å². The van der Waals surface area contributed by atoms with Crippen molar-refractivity contribution in [1.82, 2.24) is 9.97 Å². The highest BCUT2D eigenvalue weighted by molar-refractivity contribution is 14.1. The molecule has 0 unspecified atom stereocenters. The summed E-state index contributed by atoms with van der Waals surface area (Å²) >= 11 is 2.28. The Morgan fingerprint density at radius 1 is 1.08 bits per heavy atom. The van der Waals surface area contributed by atoms with E-state index in [1.807, 2.05) is 30.5 Å². The molecule has 0 radical (unpaired) electrons. The molecule has 2 heterocycles. The lowest BCUT2D eigenvalue weighted by Crippen LogP contribution is -1.86. The van der Waals surface area contributed by atoms with Crippen LogP contribution >= 0.6 is 22.6 Å². The van der Waals surface area contributed by atoms with Gasteiger partial charge in [-0.3, -0.25) is 9.97 Å². The molecule has 0 atom stereocenters. The average Bonchev–Trinajstić information content (AvgIpc) is 2.20. The van der Waals surface area contributed by atoms with E-state index in [4.69, 9.17) is 0 Å². The Kier molecular flexibility index (Phi) is 2.54. The van der Waals surface area contributed by atoms with E-state index in [0.717, 1.165) is 11.3 Å². The molecule has 0 saturated heterocycles. The molecule has 0 saturated carbocycles. The fraction of sp³-hybridized carbons (Fsp3) is 0. The third kappa shape index (κ3) is 1.85. The van der Waals surface area contributed by atoms with Gasteiger partial charge in [-0.15, -0.1) is 0 Å². The Labute approximate surface area is 90.2 Å². The van der Waals surface area contributed by atoms with Crippen molar-refractivity contribution in [2.45, 2.75) is 0 Å². The molecule has 0 amide bonds. The Morgan fingerprint density at radius 2 is 2.00 bits per heavy atom. The summed E-state index contributed by atoms with van der Waals surface area (Å²) in [4.78, 5) is 8.34. The standard InChI is InChI=1S/C10H7IN2/c11-9-4-6-12-7-8(9)10-3-1-2-5-13-10/h1-7H. The molecule has 0 N–H and O–H groups in total. The molecule has 0 aromatic carbocycles. The van der Waals surface area contributed by atoms with E-state index in [9.17, 15) is 0 Å². The van der Waals surface area contributed by atoms with Crippen LogP contribution < -0.4 is 0 Å². The van der Waals surface area contributed by atoms with Gasteiger partial charge < -0.3 is 0 Å². The minimum atomic E-state index is 0.972. The largest absolute Gasteiger partial charge is 0.264 e. The highest BCUT2D eigenvalue weighted by Crippen LogP contribution is 2.21. The van der Waals surface area contributed by atoms with E-state index in [1.165, 1.54) is 3.57 Å².